The predicted molar refractivity (Wildman–Crippen MR) is 75.8 cm³/mol. The van der Waals surface area contributed by atoms with Gasteiger partial charge in [0.05, 0.1) is 16.3 Å². The minimum absolute atomic E-state index is 0.00895. The molecule has 0 unspecified atom stereocenters. The summed E-state index contributed by atoms with van der Waals surface area (Å²) in [5.41, 5.74) is 6.51. The zero-order valence-corrected chi connectivity index (χ0v) is 12.1. The highest BCUT2D eigenvalue weighted by molar-refractivity contribution is 7.90. The first-order valence-electron chi connectivity index (χ1n) is 5.76. The van der Waals surface area contributed by atoms with Crippen LogP contribution >= 0.6 is 0 Å². The van der Waals surface area contributed by atoms with Crippen LogP contribution in [0.5, 0.6) is 0 Å². The first-order valence-corrected chi connectivity index (χ1v) is 7.65. The maximum absolute atomic E-state index is 11.5. The van der Waals surface area contributed by atoms with E-state index >= 15 is 0 Å². The molecule has 0 aliphatic rings. The molecule has 0 atom stereocenters. The minimum atomic E-state index is -3.35. The Hall–Kier alpha value is -1.76. The van der Waals surface area contributed by atoms with E-state index in [0.29, 0.717) is 18.7 Å². The third kappa shape index (κ3) is 4.13. The Balaban J connectivity index is 2.78. The summed E-state index contributed by atoms with van der Waals surface area (Å²) >= 11 is 0. The third-order valence-corrected chi connectivity index (χ3v) is 3.77. The largest absolute Gasteiger partial charge is 0.396 e. The van der Waals surface area contributed by atoms with Crippen molar-refractivity contribution in [3.05, 3.63) is 18.2 Å². The number of carbonyl (C=O) groups excluding carboxylic acids is 1. The molecule has 0 saturated carbocycles. The van der Waals surface area contributed by atoms with E-state index in [0.717, 1.165) is 6.26 Å². The maximum atomic E-state index is 11.5. The second-order valence-corrected chi connectivity index (χ2v) is 6.44. The van der Waals surface area contributed by atoms with E-state index in [1.165, 1.54) is 11.0 Å². The van der Waals surface area contributed by atoms with Crippen molar-refractivity contribution in [1.29, 1.82) is 0 Å². The van der Waals surface area contributed by atoms with E-state index in [1.54, 1.807) is 26.2 Å². The zero-order chi connectivity index (χ0) is 14.6. The van der Waals surface area contributed by atoms with Crippen molar-refractivity contribution < 1.29 is 13.2 Å². The lowest BCUT2D eigenvalue weighted by molar-refractivity contribution is -0.128. The summed E-state index contributed by atoms with van der Waals surface area (Å²) in [4.78, 5) is 13.0. The number of benzene rings is 1. The Labute approximate surface area is 113 Å². The lowest BCUT2D eigenvalue weighted by atomic mass is 10.2. The quantitative estimate of drug-likeness (QED) is 0.771. The van der Waals surface area contributed by atoms with Gasteiger partial charge in [0.25, 0.3) is 0 Å². The lowest BCUT2D eigenvalue weighted by Gasteiger charge is -2.13. The Bertz CT molecular complexity index is 568. The number of para-hydroxylation sites is 1. The molecule has 19 heavy (non-hydrogen) atoms. The molecule has 3 N–H and O–H groups in total. The van der Waals surface area contributed by atoms with Crippen molar-refractivity contribution in [2.24, 2.45) is 0 Å². The van der Waals surface area contributed by atoms with Gasteiger partial charge in [0.1, 0.15) is 0 Å². The predicted octanol–water partition coefficient (Wildman–Crippen LogP) is 0.563. The van der Waals surface area contributed by atoms with E-state index < -0.39 is 9.84 Å². The van der Waals surface area contributed by atoms with Crippen molar-refractivity contribution in [2.45, 2.75) is 11.3 Å². The van der Waals surface area contributed by atoms with Gasteiger partial charge in [-0.2, -0.15) is 0 Å². The van der Waals surface area contributed by atoms with Crippen LogP contribution in [0.3, 0.4) is 0 Å². The molecule has 0 aliphatic carbocycles. The number of carbonyl (C=O) groups is 1. The van der Waals surface area contributed by atoms with Crippen molar-refractivity contribution in [3.63, 3.8) is 0 Å². The van der Waals surface area contributed by atoms with Crippen molar-refractivity contribution in [2.75, 3.05) is 37.9 Å². The van der Waals surface area contributed by atoms with E-state index in [4.69, 9.17) is 5.73 Å². The first-order chi connectivity index (χ1) is 8.73. The summed E-state index contributed by atoms with van der Waals surface area (Å²) in [5, 5.41) is 2.97. The molecule has 1 rings (SSSR count). The molecule has 0 spiro atoms. The Morgan fingerprint density at radius 2 is 2.00 bits per heavy atom. The molecule has 1 aromatic carbocycles. The standard InChI is InChI=1S/C12H19N3O3S/c1-15(2)11(16)7-8-14-9-5-4-6-10(12(9)13)19(3,17)18/h4-6,14H,7-8,13H2,1-3H3. The van der Waals surface area contributed by atoms with Gasteiger partial charge in [0, 0.05) is 33.3 Å². The molecule has 0 radical (unpaired) electrons. The molecule has 0 aliphatic heterocycles. The van der Waals surface area contributed by atoms with E-state index in [2.05, 4.69) is 5.32 Å². The summed E-state index contributed by atoms with van der Waals surface area (Å²) in [7, 11) is 0.0121. The van der Waals surface area contributed by atoms with Crippen LogP contribution in [-0.2, 0) is 14.6 Å². The third-order valence-electron chi connectivity index (χ3n) is 2.62. The topological polar surface area (TPSA) is 92.5 Å². The van der Waals surface area contributed by atoms with Gasteiger partial charge in [-0.15, -0.1) is 0 Å². The fourth-order valence-electron chi connectivity index (χ4n) is 1.55. The van der Waals surface area contributed by atoms with Crippen LogP contribution in [0.4, 0.5) is 11.4 Å². The fourth-order valence-corrected chi connectivity index (χ4v) is 2.38. The van der Waals surface area contributed by atoms with Gasteiger partial charge < -0.3 is 16.0 Å². The molecule has 6 nitrogen and oxygen atoms in total. The van der Waals surface area contributed by atoms with Crippen molar-refractivity contribution >= 4 is 27.1 Å². The number of sulfone groups is 1. The van der Waals surface area contributed by atoms with E-state index in [1.807, 2.05) is 0 Å². The Morgan fingerprint density at radius 3 is 2.53 bits per heavy atom. The molecule has 7 heteroatoms. The second kappa shape index (κ2) is 5.92. The molecular weight excluding hydrogens is 266 g/mol. The van der Waals surface area contributed by atoms with Crippen LogP contribution in [-0.4, -0.2) is 46.1 Å². The van der Waals surface area contributed by atoms with Crippen LogP contribution in [0.25, 0.3) is 0 Å². The molecule has 0 saturated heterocycles. The zero-order valence-electron chi connectivity index (χ0n) is 11.3. The van der Waals surface area contributed by atoms with Crippen molar-refractivity contribution in [3.8, 4) is 0 Å². The number of amides is 1. The van der Waals surface area contributed by atoms with Crippen LogP contribution in [0.1, 0.15) is 6.42 Å². The summed E-state index contributed by atoms with van der Waals surface area (Å²) in [6.45, 7) is 0.397. The number of anilines is 2. The monoisotopic (exact) mass is 285 g/mol. The molecule has 0 heterocycles. The molecular formula is C12H19N3O3S. The number of nitrogens with zero attached hydrogens (tertiary/aromatic N) is 1. The summed E-state index contributed by atoms with van der Waals surface area (Å²) < 4.78 is 23.0. The van der Waals surface area contributed by atoms with E-state index in [-0.39, 0.29) is 16.5 Å². The number of nitrogens with two attached hydrogens (primary N) is 1. The molecule has 1 amide bonds. The van der Waals surface area contributed by atoms with Gasteiger partial charge in [-0.05, 0) is 12.1 Å². The van der Waals surface area contributed by atoms with Gasteiger partial charge >= 0.3 is 0 Å². The average molecular weight is 285 g/mol. The number of nitrogen functional groups attached to an aromatic ring is 1. The molecule has 0 bridgehead atoms. The second-order valence-electron chi connectivity index (χ2n) is 4.45. The SMILES string of the molecule is CN(C)C(=O)CCNc1cccc(S(C)(=O)=O)c1N. The lowest BCUT2D eigenvalue weighted by Crippen LogP contribution is -2.24. The van der Waals surface area contributed by atoms with Crippen molar-refractivity contribution in [1.82, 2.24) is 4.90 Å². The van der Waals surface area contributed by atoms with Gasteiger partial charge in [-0.3, -0.25) is 4.79 Å². The number of rotatable bonds is 5. The highest BCUT2D eigenvalue weighted by Gasteiger charge is 2.14. The van der Waals surface area contributed by atoms with Crippen LogP contribution in [0.2, 0.25) is 0 Å². The fraction of sp³-hybridized carbons (Fsp3) is 0.417. The number of hydrogen-bond acceptors (Lipinski definition) is 5. The minimum Gasteiger partial charge on any atom is -0.396 e. The van der Waals surface area contributed by atoms with Crippen LogP contribution in [0.15, 0.2) is 23.1 Å². The molecule has 106 valence electrons. The van der Waals surface area contributed by atoms with E-state index in [9.17, 15) is 13.2 Å². The van der Waals surface area contributed by atoms with Gasteiger partial charge in [-0.1, -0.05) is 6.07 Å². The molecule has 0 fully saturated rings. The number of nitrogens with one attached hydrogen (secondary N) is 1. The van der Waals surface area contributed by atoms with Crippen LogP contribution < -0.4 is 11.1 Å². The molecule has 0 aromatic heterocycles. The Morgan fingerprint density at radius 1 is 1.37 bits per heavy atom. The van der Waals surface area contributed by atoms with Gasteiger partial charge in [0.2, 0.25) is 5.91 Å². The molecule has 1 aromatic rings. The maximum Gasteiger partial charge on any atom is 0.223 e. The van der Waals surface area contributed by atoms with Gasteiger partial charge in [0.15, 0.2) is 9.84 Å². The highest BCUT2D eigenvalue weighted by Crippen LogP contribution is 2.26. The average Bonchev–Trinajstić information content (AvgIpc) is 2.29. The first kappa shape index (κ1) is 15.3. The summed E-state index contributed by atoms with van der Waals surface area (Å²) in [5.74, 6) is -0.00895. The number of hydrogen-bond donors (Lipinski definition) is 2. The van der Waals surface area contributed by atoms with Crippen LogP contribution in [0, 0.1) is 0 Å². The Kier molecular flexibility index (Phi) is 4.77. The normalized spacial score (nSPS) is 11.1. The smallest absolute Gasteiger partial charge is 0.223 e. The summed E-state index contributed by atoms with van der Waals surface area (Å²) in [6.07, 6.45) is 1.42. The summed E-state index contributed by atoms with van der Waals surface area (Å²) in [6, 6.07) is 4.76. The highest BCUT2D eigenvalue weighted by atomic mass is 32.2. The van der Waals surface area contributed by atoms with Gasteiger partial charge in [-0.25, -0.2) is 8.42 Å².